The third-order valence-corrected chi connectivity index (χ3v) is 1.98. The van der Waals surface area contributed by atoms with Gasteiger partial charge in [0.2, 0.25) is 0 Å². The zero-order chi connectivity index (χ0) is 11.8. The van der Waals surface area contributed by atoms with E-state index in [9.17, 15) is 4.79 Å². The summed E-state index contributed by atoms with van der Waals surface area (Å²) in [4.78, 5) is 15.6. The molecule has 1 aromatic rings. The number of carbonyl (C=O) groups is 1. The number of aromatic nitrogens is 1. The smallest absolute Gasteiger partial charge is 0.252 e. The number of hydrogen-bond acceptors (Lipinski definition) is 4. The number of carbonyl (C=O) groups excluding carboxylic acids is 1. The van der Waals surface area contributed by atoms with Crippen LogP contribution in [0.1, 0.15) is 23.7 Å². The number of hydrogen-bond donors (Lipinski definition) is 3. The third-order valence-electron chi connectivity index (χ3n) is 1.98. The van der Waals surface area contributed by atoms with Crippen LogP contribution < -0.4 is 10.6 Å². The standard InChI is InChI=1S/C11H17N3O2/c1-2-5-13-11(16)9-3-4-10(14-8-9)12-6-7-15/h3-4,8,15H,2,5-7H2,1H3,(H,12,14)(H,13,16). The van der Waals surface area contributed by atoms with Gasteiger partial charge in [0.15, 0.2) is 0 Å². The Labute approximate surface area is 94.9 Å². The predicted molar refractivity (Wildman–Crippen MR) is 62.4 cm³/mol. The topological polar surface area (TPSA) is 74.2 Å². The van der Waals surface area contributed by atoms with Crippen LogP contribution in [0.4, 0.5) is 5.82 Å². The molecule has 0 unspecified atom stereocenters. The highest BCUT2D eigenvalue weighted by Gasteiger charge is 2.04. The van der Waals surface area contributed by atoms with Gasteiger partial charge in [0.05, 0.1) is 12.2 Å². The molecule has 1 amide bonds. The van der Waals surface area contributed by atoms with Crippen LogP contribution in [-0.4, -0.2) is 35.7 Å². The summed E-state index contributed by atoms with van der Waals surface area (Å²) in [5.41, 5.74) is 0.544. The van der Waals surface area contributed by atoms with E-state index in [1.807, 2.05) is 6.92 Å². The third kappa shape index (κ3) is 3.86. The van der Waals surface area contributed by atoms with Gasteiger partial charge in [-0.2, -0.15) is 0 Å². The molecule has 0 fully saturated rings. The van der Waals surface area contributed by atoms with E-state index in [1.54, 1.807) is 12.1 Å². The minimum absolute atomic E-state index is 0.0560. The monoisotopic (exact) mass is 223 g/mol. The molecule has 0 bridgehead atoms. The molecule has 1 aromatic heterocycles. The molecule has 0 aliphatic carbocycles. The summed E-state index contributed by atoms with van der Waals surface area (Å²) >= 11 is 0. The minimum atomic E-state index is -0.108. The van der Waals surface area contributed by atoms with Crippen molar-refractivity contribution >= 4 is 11.7 Å². The summed E-state index contributed by atoms with van der Waals surface area (Å²) in [6, 6.07) is 3.42. The van der Waals surface area contributed by atoms with Crippen LogP contribution in [0.25, 0.3) is 0 Å². The van der Waals surface area contributed by atoms with Gasteiger partial charge in [-0.15, -0.1) is 0 Å². The normalized spacial score (nSPS) is 9.88. The Morgan fingerprint density at radius 2 is 2.25 bits per heavy atom. The maximum absolute atomic E-state index is 11.5. The Hall–Kier alpha value is -1.62. The van der Waals surface area contributed by atoms with Gasteiger partial charge in [0, 0.05) is 19.3 Å². The number of aliphatic hydroxyl groups is 1. The second-order valence-corrected chi connectivity index (χ2v) is 3.34. The van der Waals surface area contributed by atoms with E-state index < -0.39 is 0 Å². The van der Waals surface area contributed by atoms with Gasteiger partial charge in [-0.05, 0) is 18.6 Å². The zero-order valence-electron chi connectivity index (χ0n) is 9.36. The Balaban J connectivity index is 2.53. The molecular formula is C11H17N3O2. The maximum atomic E-state index is 11.5. The van der Waals surface area contributed by atoms with E-state index in [-0.39, 0.29) is 12.5 Å². The molecule has 3 N–H and O–H groups in total. The molecule has 5 nitrogen and oxygen atoms in total. The van der Waals surface area contributed by atoms with Crippen LogP contribution in [0.2, 0.25) is 0 Å². The summed E-state index contributed by atoms with van der Waals surface area (Å²) in [6.07, 6.45) is 2.43. The zero-order valence-corrected chi connectivity index (χ0v) is 9.36. The van der Waals surface area contributed by atoms with Gasteiger partial charge >= 0.3 is 0 Å². The highest BCUT2D eigenvalue weighted by Crippen LogP contribution is 2.04. The number of amides is 1. The van der Waals surface area contributed by atoms with E-state index in [1.165, 1.54) is 6.20 Å². The lowest BCUT2D eigenvalue weighted by Crippen LogP contribution is -2.24. The highest BCUT2D eigenvalue weighted by molar-refractivity contribution is 5.93. The Morgan fingerprint density at radius 1 is 1.44 bits per heavy atom. The van der Waals surface area contributed by atoms with Crippen LogP contribution in [0.15, 0.2) is 18.3 Å². The number of rotatable bonds is 6. The molecule has 0 aliphatic rings. The Kier molecular flexibility index (Phi) is 5.28. The molecule has 0 aliphatic heterocycles. The highest BCUT2D eigenvalue weighted by atomic mass is 16.3. The summed E-state index contributed by atoms with van der Waals surface area (Å²) in [7, 11) is 0. The molecule has 16 heavy (non-hydrogen) atoms. The largest absolute Gasteiger partial charge is 0.395 e. The van der Waals surface area contributed by atoms with Crippen LogP contribution in [0.5, 0.6) is 0 Å². The number of nitrogens with one attached hydrogen (secondary N) is 2. The van der Waals surface area contributed by atoms with Crippen molar-refractivity contribution in [2.45, 2.75) is 13.3 Å². The van der Waals surface area contributed by atoms with E-state index >= 15 is 0 Å². The molecule has 1 rings (SSSR count). The summed E-state index contributed by atoms with van der Waals surface area (Å²) in [5.74, 6) is 0.546. The Morgan fingerprint density at radius 3 is 2.81 bits per heavy atom. The lowest BCUT2D eigenvalue weighted by atomic mass is 10.2. The van der Waals surface area contributed by atoms with Crippen molar-refractivity contribution in [3.8, 4) is 0 Å². The second kappa shape index (κ2) is 6.79. The molecule has 0 radical (unpaired) electrons. The first kappa shape index (κ1) is 12.4. The SMILES string of the molecule is CCCNC(=O)c1ccc(NCCO)nc1. The average molecular weight is 223 g/mol. The van der Waals surface area contributed by atoms with Gasteiger partial charge in [0.1, 0.15) is 5.82 Å². The van der Waals surface area contributed by atoms with Crippen molar-refractivity contribution in [3.63, 3.8) is 0 Å². The quantitative estimate of drug-likeness (QED) is 0.661. The van der Waals surface area contributed by atoms with Crippen molar-refractivity contribution in [1.82, 2.24) is 10.3 Å². The van der Waals surface area contributed by atoms with Crippen LogP contribution in [0.3, 0.4) is 0 Å². The molecule has 1 heterocycles. The van der Waals surface area contributed by atoms with Crippen molar-refractivity contribution in [2.24, 2.45) is 0 Å². The number of nitrogens with zero attached hydrogens (tertiary/aromatic N) is 1. The van der Waals surface area contributed by atoms with Crippen molar-refractivity contribution < 1.29 is 9.90 Å². The second-order valence-electron chi connectivity index (χ2n) is 3.34. The van der Waals surface area contributed by atoms with Gasteiger partial charge in [-0.3, -0.25) is 4.79 Å². The Bertz CT molecular complexity index is 325. The molecule has 0 aromatic carbocycles. The fourth-order valence-electron chi connectivity index (χ4n) is 1.16. The fraction of sp³-hybridized carbons (Fsp3) is 0.455. The first-order valence-electron chi connectivity index (χ1n) is 5.37. The molecule has 0 saturated heterocycles. The molecular weight excluding hydrogens is 206 g/mol. The van der Waals surface area contributed by atoms with E-state index in [0.29, 0.717) is 24.5 Å². The van der Waals surface area contributed by atoms with Gasteiger partial charge in [-0.25, -0.2) is 4.98 Å². The lowest BCUT2D eigenvalue weighted by molar-refractivity contribution is 0.0953. The summed E-state index contributed by atoms with van der Waals surface area (Å²) in [5, 5.41) is 14.3. The minimum Gasteiger partial charge on any atom is -0.395 e. The predicted octanol–water partition coefficient (Wildman–Crippen LogP) is 0.626. The van der Waals surface area contributed by atoms with E-state index in [2.05, 4.69) is 15.6 Å². The summed E-state index contributed by atoms with van der Waals surface area (Å²) < 4.78 is 0. The molecule has 0 spiro atoms. The average Bonchev–Trinajstić information content (AvgIpc) is 2.34. The molecule has 0 atom stereocenters. The number of pyridine rings is 1. The van der Waals surface area contributed by atoms with Crippen LogP contribution in [-0.2, 0) is 0 Å². The van der Waals surface area contributed by atoms with Crippen LogP contribution in [0, 0.1) is 0 Å². The lowest BCUT2D eigenvalue weighted by Gasteiger charge is -2.05. The fourth-order valence-corrected chi connectivity index (χ4v) is 1.16. The molecule has 88 valence electrons. The first-order valence-corrected chi connectivity index (χ1v) is 5.37. The number of anilines is 1. The van der Waals surface area contributed by atoms with Crippen molar-refractivity contribution in [3.05, 3.63) is 23.9 Å². The molecule has 0 saturated carbocycles. The van der Waals surface area contributed by atoms with Gasteiger partial charge in [-0.1, -0.05) is 6.92 Å². The van der Waals surface area contributed by atoms with Gasteiger partial charge in [0.25, 0.3) is 5.91 Å². The van der Waals surface area contributed by atoms with Gasteiger partial charge < -0.3 is 15.7 Å². The number of aliphatic hydroxyl groups excluding tert-OH is 1. The van der Waals surface area contributed by atoms with E-state index in [4.69, 9.17) is 5.11 Å². The van der Waals surface area contributed by atoms with E-state index in [0.717, 1.165) is 6.42 Å². The van der Waals surface area contributed by atoms with Crippen molar-refractivity contribution in [1.29, 1.82) is 0 Å². The first-order chi connectivity index (χ1) is 7.77. The van der Waals surface area contributed by atoms with Crippen molar-refractivity contribution in [2.75, 3.05) is 25.0 Å². The maximum Gasteiger partial charge on any atom is 0.252 e. The molecule has 5 heteroatoms. The van der Waals surface area contributed by atoms with Crippen LogP contribution >= 0.6 is 0 Å². The summed E-state index contributed by atoms with van der Waals surface area (Å²) in [6.45, 7) is 3.18.